The lowest BCUT2D eigenvalue weighted by atomic mass is 9.99. The number of alkyl halides is 1. The van der Waals surface area contributed by atoms with Crippen molar-refractivity contribution in [1.29, 1.82) is 0 Å². The Morgan fingerprint density at radius 1 is 1.47 bits per heavy atom. The summed E-state index contributed by atoms with van der Waals surface area (Å²) >= 11 is 7.47. The number of aryl methyl sites for hydroxylation is 1. The maximum Gasteiger partial charge on any atom is 0.263 e. The number of carbonyl (C=O) groups is 1. The molecule has 1 aliphatic heterocycles. The summed E-state index contributed by atoms with van der Waals surface area (Å²) < 4.78 is 0. The molecule has 0 bridgehead atoms. The molecule has 0 aromatic carbocycles. The molecule has 0 radical (unpaired) electrons. The van der Waals surface area contributed by atoms with Gasteiger partial charge in [-0.3, -0.25) is 4.79 Å². The smallest absolute Gasteiger partial charge is 0.263 e. The van der Waals surface area contributed by atoms with Crippen molar-refractivity contribution >= 4 is 28.8 Å². The first-order chi connectivity index (χ1) is 8.24. The molecular formula is C13H18ClNOS. The highest BCUT2D eigenvalue weighted by atomic mass is 35.5. The molecule has 2 rings (SSSR count). The van der Waals surface area contributed by atoms with Crippen molar-refractivity contribution in [3.05, 3.63) is 21.9 Å². The van der Waals surface area contributed by atoms with Gasteiger partial charge in [0, 0.05) is 23.8 Å². The summed E-state index contributed by atoms with van der Waals surface area (Å²) in [5.41, 5.74) is 0. The second-order valence-corrected chi connectivity index (χ2v) is 5.99. The van der Waals surface area contributed by atoms with E-state index in [1.807, 2.05) is 11.0 Å². The number of hydrogen-bond acceptors (Lipinski definition) is 2. The molecule has 0 saturated carbocycles. The van der Waals surface area contributed by atoms with Crippen LogP contribution in [0.15, 0.2) is 12.1 Å². The van der Waals surface area contributed by atoms with Crippen LogP contribution in [-0.4, -0.2) is 29.8 Å². The van der Waals surface area contributed by atoms with Crippen molar-refractivity contribution in [3.63, 3.8) is 0 Å². The quantitative estimate of drug-likeness (QED) is 0.772. The number of amides is 1. The van der Waals surface area contributed by atoms with Crippen molar-refractivity contribution in [2.24, 2.45) is 5.92 Å². The zero-order chi connectivity index (χ0) is 12.3. The Labute approximate surface area is 112 Å². The van der Waals surface area contributed by atoms with Crippen LogP contribution < -0.4 is 0 Å². The molecule has 0 spiro atoms. The molecule has 1 aliphatic rings. The zero-order valence-electron chi connectivity index (χ0n) is 10.1. The van der Waals surface area contributed by atoms with Gasteiger partial charge in [0.05, 0.1) is 4.88 Å². The van der Waals surface area contributed by atoms with Gasteiger partial charge in [-0.1, -0.05) is 6.92 Å². The van der Waals surface area contributed by atoms with E-state index >= 15 is 0 Å². The van der Waals surface area contributed by atoms with Gasteiger partial charge in [0.25, 0.3) is 5.91 Å². The monoisotopic (exact) mass is 271 g/mol. The highest BCUT2D eigenvalue weighted by Gasteiger charge is 2.23. The molecule has 1 aromatic rings. The van der Waals surface area contributed by atoms with Crippen molar-refractivity contribution < 1.29 is 4.79 Å². The van der Waals surface area contributed by atoms with E-state index in [0.717, 1.165) is 43.1 Å². The Morgan fingerprint density at radius 2 is 2.18 bits per heavy atom. The number of likely N-dealkylation sites (tertiary alicyclic amines) is 1. The number of halogens is 1. The van der Waals surface area contributed by atoms with Gasteiger partial charge in [0.15, 0.2) is 0 Å². The first-order valence-electron chi connectivity index (χ1n) is 6.18. The molecule has 4 heteroatoms. The molecular weight excluding hydrogens is 254 g/mol. The second-order valence-electron chi connectivity index (χ2n) is 4.51. The molecule has 0 unspecified atom stereocenters. The second kappa shape index (κ2) is 5.87. The van der Waals surface area contributed by atoms with Crippen LogP contribution in [0.25, 0.3) is 0 Å². The third kappa shape index (κ3) is 3.02. The van der Waals surface area contributed by atoms with E-state index in [4.69, 9.17) is 11.6 Å². The van der Waals surface area contributed by atoms with Crippen LogP contribution >= 0.6 is 22.9 Å². The fourth-order valence-corrected chi connectivity index (χ4v) is 3.35. The van der Waals surface area contributed by atoms with Crippen molar-refractivity contribution in [2.45, 2.75) is 26.2 Å². The van der Waals surface area contributed by atoms with Crippen LogP contribution in [0.5, 0.6) is 0 Å². The first-order valence-corrected chi connectivity index (χ1v) is 7.53. The Bertz CT molecular complexity index is 383. The molecule has 1 fully saturated rings. The minimum Gasteiger partial charge on any atom is -0.338 e. The Kier molecular flexibility index (Phi) is 4.46. The van der Waals surface area contributed by atoms with Gasteiger partial charge in [-0.25, -0.2) is 0 Å². The van der Waals surface area contributed by atoms with Crippen LogP contribution in [0.4, 0.5) is 0 Å². The van der Waals surface area contributed by atoms with Crippen molar-refractivity contribution in [1.82, 2.24) is 4.90 Å². The summed E-state index contributed by atoms with van der Waals surface area (Å²) in [6, 6.07) is 4.02. The largest absolute Gasteiger partial charge is 0.338 e. The first kappa shape index (κ1) is 12.9. The van der Waals surface area contributed by atoms with E-state index in [9.17, 15) is 4.79 Å². The van der Waals surface area contributed by atoms with Gasteiger partial charge in [-0.2, -0.15) is 0 Å². The third-order valence-electron chi connectivity index (χ3n) is 3.34. The van der Waals surface area contributed by atoms with Crippen LogP contribution in [0.1, 0.15) is 34.3 Å². The highest BCUT2D eigenvalue weighted by molar-refractivity contribution is 7.14. The van der Waals surface area contributed by atoms with Gasteiger partial charge in [-0.05, 0) is 37.3 Å². The summed E-state index contributed by atoms with van der Waals surface area (Å²) in [5.74, 6) is 1.51. The summed E-state index contributed by atoms with van der Waals surface area (Å²) in [6.07, 6.45) is 3.09. The predicted molar refractivity (Wildman–Crippen MR) is 73.0 cm³/mol. The lowest BCUT2D eigenvalue weighted by molar-refractivity contribution is 0.0703. The van der Waals surface area contributed by atoms with Gasteiger partial charge in [0.1, 0.15) is 0 Å². The van der Waals surface area contributed by atoms with E-state index in [2.05, 4.69) is 13.0 Å². The number of rotatable bonds is 3. The minimum absolute atomic E-state index is 0.197. The summed E-state index contributed by atoms with van der Waals surface area (Å²) in [6.45, 7) is 3.83. The topological polar surface area (TPSA) is 20.3 Å². The van der Waals surface area contributed by atoms with E-state index in [1.54, 1.807) is 11.3 Å². The molecule has 1 amide bonds. The lowest BCUT2D eigenvalue weighted by Gasteiger charge is -2.30. The number of nitrogens with zero attached hydrogens (tertiary/aromatic N) is 1. The summed E-state index contributed by atoms with van der Waals surface area (Å²) in [4.78, 5) is 16.4. The summed E-state index contributed by atoms with van der Waals surface area (Å²) in [7, 11) is 0. The maximum absolute atomic E-state index is 12.2. The Hall–Kier alpha value is -0.540. The SMILES string of the molecule is CCc1ccc(C(=O)N2CCC(CCl)CC2)s1. The molecule has 1 saturated heterocycles. The number of thiophene rings is 1. The van der Waals surface area contributed by atoms with Gasteiger partial charge >= 0.3 is 0 Å². The molecule has 0 aliphatic carbocycles. The molecule has 2 nitrogen and oxygen atoms in total. The number of piperidine rings is 1. The van der Waals surface area contributed by atoms with Crippen LogP contribution in [-0.2, 0) is 6.42 Å². The van der Waals surface area contributed by atoms with Gasteiger partial charge in [-0.15, -0.1) is 22.9 Å². The van der Waals surface area contributed by atoms with Crippen LogP contribution in [0, 0.1) is 5.92 Å². The minimum atomic E-state index is 0.197. The lowest BCUT2D eigenvalue weighted by Crippen LogP contribution is -2.38. The third-order valence-corrected chi connectivity index (χ3v) is 4.99. The fourth-order valence-electron chi connectivity index (χ4n) is 2.13. The molecule has 0 N–H and O–H groups in total. The standard InChI is InChI=1S/C13H18ClNOS/c1-2-11-3-4-12(17-11)13(16)15-7-5-10(9-14)6-8-15/h3-4,10H,2,5-9H2,1H3. The molecule has 94 valence electrons. The van der Waals surface area contributed by atoms with E-state index < -0.39 is 0 Å². The van der Waals surface area contributed by atoms with Crippen LogP contribution in [0.2, 0.25) is 0 Å². The molecule has 2 heterocycles. The Morgan fingerprint density at radius 3 is 2.71 bits per heavy atom. The summed E-state index contributed by atoms with van der Waals surface area (Å²) in [5, 5.41) is 0. The van der Waals surface area contributed by atoms with Crippen molar-refractivity contribution in [3.8, 4) is 0 Å². The molecule has 17 heavy (non-hydrogen) atoms. The average molecular weight is 272 g/mol. The number of hydrogen-bond donors (Lipinski definition) is 0. The predicted octanol–water partition coefficient (Wildman–Crippen LogP) is 3.40. The van der Waals surface area contributed by atoms with E-state index in [0.29, 0.717) is 5.92 Å². The highest BCUT2D eigenvalue weighted by Crippen LogP contribution is 2.23. The van der Waals surface area contributed by atoms with Crippen LogP contribution in [0.3, 0.4) is 0 Å². The van der Waals surface area contributed by atoms with Gasteiger partial charge < -0.3 is 4.90 Å². The average Bonchev–Trinajstić information content (AvgIpc) is 2.87. The molecule has 0 atom stereocenters. The molecule has 1 aromatic heterocycles. The van der Waals surface area contributed by atoms with Crippen molar-refractivity contribution in [2.75, 3.05) is 19.0 Å². The van der Waals surface area contributed by atoms with Gasteiger partial charge in [0.2, 0.25) is 0 Å². The number of carbonyl (C=O) groups excluding carboxylic acids is 1. The Balaban J connectivity index is 1.96. The zero-order valence-corrected chi connectivity index (χ0v) is 11.7. The van der Waals surface area contributed by atoms with E-state index in [-0.39, 0.29) is 5.91 Å². The maximum atomic E-state index is 12.2. The normalized spacial score (nSPS) is 17.4. The van der Waals surface area contributed by atoms with E-state index in [1.165, 1.54) is 4.88 Å². The fraction of sp³-hybridized carbons (Fsp3) is 0.615.